The molecule has 2 fully saturated rings. The van der Waals surface area contributed by atoms with Gasteiger partial charge in [0, 0.05) is 38.8 Å². The standard InChI is InChI=1S/C32H41ClN6O3/c1-6-11-24-20-37(16-17-42-24)31-26(33)18-25-29(38-15-14-36(19-21(38)5)27(40)9-4)35-32(41)39(30(25)34-31)28-22(7-2)12-10-13-23(28)8-3/h9-10,12-13,18,21,24H,4,6-8,11,14-17,19-20H2,1-3,5H3/t21-,24?/m0/s1. The second kappa shape index (κ2) is 12.8. The van der Waals surface area contributed by atoms with Crippen LogP contribution in [0.25, 0.3) is 16.7 Å². The maximum atomic E-state index is 14.1. The summed E-state index contributed by atoms with van der Waals surface area (Å²) in [7, 11) is 0. The highest BCUT2D eigenvalue weighted by atomic mass is 35.5. The monoisotopic (exact) mass is 592 g/mol. The van der Waals surface area contributed by atoms with Gasteiger partial charge in [0.05, 0.1) is 28.8 Å². The van der Waals surface area contributed by atoms with Crippen molar-refractivity contribution in [3.8, 4) is 5.69 Å². The van der Waals surface area contributed by atoms with Gasteiger partial charge >= 0.3 is 5.69 Å². The lowest BCUT2D eigenvalue weighted by Crippen LogP contribution is -2.54. The fourth-order valence-electron chi connectivity index (χ4n) is 6.25. The Kier molecular flexibility index (Phi) is 9.18. The molecule has 0 aliphatic carbocycles. The molecule has 2 atom stereocenters. The summed E-state index contributed by atoms with van der Waals surface area (Å²) in [6, 6.07) is 8.00. The van der Waals surface area contributed by atoms with Gasteiger partial charge in [0.15, 0.2) is 5.65 Å². The first-order valence-electron chi connectivity index (χ1n) is 15.1. The number of amides is 1. The molecule has 224 valence electrons. The number of hydrogen-bond donors (Lipinski definition) is 0. The minimum absolute atomic E-state index is 0.0739. The molecule has 0 saturated carbocycles. The Morgan fingerprint density at radius 3 is 2.48 bits per heavy atom. The molecule has 2 saturated heterocycles. The summed E-state index contributed by atoms with van der Waals surface area (Å²) in [4.78, 5) is 42.3. The van der Waals surface area contributed by atoms with E-state index in [1.165, 1.54) is 6.08 Å². The summed E-state index contributed by atoms with van der Waals surface area (Å²) >= 11 is 7.00. The molecule has 1 aromatic carbocycles. The molecule has 2 aliphatic rings. The van der Waals surface area contributed by atoms with Crippen LogP contribution in [0.5, 0.6) is 0 Å². The molecule has 3 aromatic rings. The number of carbonyl (C=O) groups excluding carboxylic acids is 1. The number of aromatic nitrogens is 3. The number of halogens is 1. The average molecular weight is 593 g/mol. The van der Waals surface area contributed by atoms with E-state index in [2.05, 4.69) is 54.3 Å². The first kappa shape index (κ1) is 30.0. The van der Waals surface area contributed by atoms with Gasteiger partial charge in [-0.15, -0.1) is 0 Å². The third-order valence-corrected chi connectivity index (χ3v) is 8.68. The molecule has 0 bridgehead atoms. The lowest BCUT2D eigenvalue weighted by Gasteiger charge is -2.40. The molecule has 5 rings (SSSR count). The molecule has 0 radical (unpaired) electrons. The smallest absolute Gasteiger partial charge is 0.355 e. The number of carbonyl (C=O) groups is 1. The lowest BCUT2D eigenvalue weighted by atomic mass is 10.0. The molecular formula is C32H41ClN6O3. The van der Waals surface area contributed by atoms with Crippen molar-refractivity contribution in [2.45, 2.75) is 65.5 Å². The molecule has 2 aromatic heterocycles. The summed E-state index contributed by atoms with van der Waals surface area (Å²) in [5.41, 5.74) is 3.12. The van der Waals surface area contributed by atoms with Gasteiger partial charge in [0.1, 0.15) is 11.6 Å². The Balaban J connectivity index is 1.72. The summed E-state index contributed by atoms with van der Waals surface area (Å²) in [6.45, 7) is 15.5. The number of benzene rings is 1. The minimum Gasteiger partial charge on any atom is -0.375 e. The lowest BCUT2D eigenvalue weighted by molar-refractivity contribution is -0.126. The Hall–Kier alpha value is -3.43. The highest BCUT2D eigenvalue weighted by Gasteiger charge is 2.31. The number of nitrogens with zero attached hydrogens (tertiary/aromatic N) is 6. The normalized spacial score (nSPS) is 19.4. The van der Waals surface area contributed by atoms with E-state index in [1.807, 2.05) is 19.1 Å². The van der Waals surface area contributed by atoms with Gasteiger partial charge in [0.2, 0.25) is 5.91 Å². The molecular weight excluding hydrogens is 552 g/mol. The Bertz CT molecular complexity index is 1510. The van der Waals surface area contributed by atoms with Gasteiger partial charge in [-0.25, -0.2) is 14.3 Å². The first-order chi connectivity index (χ1) is 20.3. The number of ether oxygens (including phenoxy) is 1. The number of anilines is 2. The quantitative estimate of drug-likeness (QED) is 0.348. The number of hydrogen-bond acceptors (Lipinski definition) is 7. The summed E-state index contributed by atoms with van der Waals surface area (Å²) < 4.78 is 7.68. The fourth-order valence-corrected chi connectivity index (χ4v) is 6.52. The van der Waals surface area contributed by atoms with E-state index in [9.17, 15) is 9.59 Å². The van der Waals surface area contributed by atoms with Crippen LogP contribution in [0.3, 0.4) is 0 Å². The highest BCUT2D eigenvalue weighted by molar-refractivity contribution is 6.33. The second-order valence-electron chi connectivity index (χ2n) is 11.1. The van der Waals surface area contributed by atoms with Gasteiger partial charge in [-0.2, -0.15) is 4.98 Å². The van der Waals surface area contributed by atoms with Crippen molar-refractivity contribution < 1.29 is 9.53 Å². The van der Waals surface area contributed by atoms with E-state index in [4.69, 9.17) is 21.3 Å². The molecule has 1 unspecified atom stereocenters. The third kappa shape index (κ3) is 5.64. The zero-order chi connectivity index (χ0) is 30.0. The zero-order valence-corrected chi connectivity index (χ0v) is 25.9. The minimum atomic E-state index is -0.378. The number of rotatable bonds is 8. The number of morpholine rings is 1. The van der Waals surface area contributed by atoms with Gasteiger partial charge in [-0.1, -0.05) is 63.6 Å². The maximum absolute atomic E-state index is 14.1. The molecule has 9 nitrogen and oxygen atoms in total. The number of piperazine rings is 1. The number of pyridine rings is 1. The van der Waals surface area contributed by atoms with Crippen LogP contribution in [0.2, 0.25) is 5.02 Å². The molecule has 1 amide bonds. The molecule has 0 spiro atoms. The van der Waals surface area contributed by atoms with Crippen molar-refractivity contribution in [2.24, 2.45) is 0 Å². The second-order valence-corrected chi connectivity index (χ2v) is 11.5. The van der Waals surface area contributed by atoms with Gasteiger partial charge in [-0.05, 0) is 49.5 Å². The van der Waals surface area contributed by atoms with Crippen LogP contribution in [0.15, 0.2) is 41.7 Å². The van der Waals surface area contributed by atoms with E-state index < -0.39 is 0 Å². The van der Waals surface area contributed by atoms with Crippen molar-refractivity contribution in [2.75, 3.05) is 49.1 Å². The number of para-hydroxylation sites is 1. The summed E-state index contributed by atoms with van der Waals surface area (Å²) in [5, 5.41) is 1.23. The van der Waals surface area contributed by atoms with E-state index in [0.717, 1.165) is 42.5 Å². The molecule has 0 N–H and O–H groups in total. The number of aryl methyl sites for hydroxylation is 2. The van der Waals surface area contributed by atoms with Crippen molar-refractivity contribution in [1.82, 2.24) is 19.4 Å². The average Bonchev–Trinajstić information content (AvgIpc) is 3.00. The SMILES string of the molecule is C=CC(=O)N1CCN(c2nc(=O)n(-c3c(CC)cccc3CC)c3nc(N4CCOC(CCC)C4)c(Cl)cc23)[C@@H](C)C1. The van der Waals surface area contributed by atoms with Crippen LogP contribution in [0.1, 0.15) is 51.7 Å². The summed E-state index contributed by atoms with van der Waals surface area (Å²) in [5.74, 6) is 1.10. The van der Waals surface area contributed by atoms with Crippen LogP contribution in [-0.2, 0) is 22.4 Å². The molecule has 4 heterocycles. The Labute approximate surface area is 252 Å². The first-order valence-corrected chi connectivity index (χ1v) is 15.5. The van der Waals surface area contributed by atoms with E-state index in [1.54, 1.807) is 9.47 Å². The van der Waals surface area contributed by atoms with Gasteiger partial charge in [0.25, 0.3) is 0 Å². The van der Waals surface area contributed by atoms with Crippen molar-refractivity contribution in [3.05, 3.63) is 63.6 Å². The highest BCUT2D eigenvalue weighted by Crippen LogP contribution is 2.35. The predicted octanol–water partition coefficient (Wildman–Crippen LogP) is 4.79. The number of fused-ring (bicyclic) bond motifs is 1. The van der Waals surface area contributed by atoms with E-state index in [-0.39, 0.29) is 23.7 Å². The van der Waals surface area contributed by atoms with Crippen molar-refractivity contribution >= 4 is 40.2 Å². The summed E-state index contributed by atoms with van der Waals surface area (Å²) in [6.07, 6.45) is 4.97. The van der Waals surface area contributed by atoms with Gasteiger partial charge < -0.3 is 19.4 Å². The van der Waals surface area contributed by atoms with Crippen LogP contribution in [-0.4, -0.2) is 76.8 Å². The molecule has 42 heavy (non-hydrogen) atoms. The zero-order valence-electron chi connectivity index (χ0n) is 25.1. The van der Waals surface area contributed by atoms with E-state index in [0.29, 0.717) is 67.0 Å². The third-order valence-electron chi connectivity index (χ3n) is 8.41. The Morgan fingerprint density at radius 1 is 1.10 bits per heavy atom. The van der Waals surface area contributed by atoms with Crippen LogP contribution >= 0.6 is 11.6 Å². The topological polar surface area (TPSA) is 83.8 Å². The largest absolute Gasteiger partial charge is 0.375 e. The Morgan fingerprint density at radius 2 is 1.83 bits per heavy atom. The fraction of sp³-hybridized carbons (Fsp3) is 0.500. The van der Waals surface area contributed by atoms with Crippen LogP contribution in [0.4, 0.5) is 11.6 Å². The maximum Gasteiger partial charge on any atom is 0.355 e. The van der Waals surface area contributed by atoms with Crippen molar-refractivity contribution in [3.63, 3.8) is 0 Å². The van der Waals surface area contributed by atoms with E-state index >= 15 is 0 Å². The molecule has 2 aliphatic heterocycles. The predicted molar refractivity (Wildman–Crippen MR) is 169 cm³/mol. The molecule has 10 heteroatoms. The van der Waals surface area contributed by atoms with Crippen LogP contribution < -0.4 is 15.5 Å². The van der Waals surface area contributed by atoms with Crippen LogP contribution in [0, 0.1) is 0 Å². The van der Waals surface area contributed by atoms with Gasteiger partial charge in [-0.3, -0.25) is 4.79 Å². The van der Waals surface area contributed by atoms with Crippen molar-refractivity contribution in [1.29, 1.82) is 0 Å².